The molecule has 50 heavy (non-hydrogen) atoms. The number of carboxylic acid groups (broad SMARTS) is 1. The Bertz CT molecular complexity index is 1030. The van der Waals surface area contributed by atoms with E-state index in [4.69, 9.17) is 47.4 Å². The molecule has 0 aliphatic carbocycles. The lowest BCUT2D eigenvalue weighted by molar-refractivity contribution is -0.588. The van der Waals surface area contributed by atoms with E-state index < -0.39 is 35.4 Å². The van der Waals surface area contributed by atoms with Gasteiger partial charge in [-0.25, -0.2) is 4.79 Å². The van der Waals surface area contributed by atoms with Crippen molar-refractivity contribution in [3.05, 3.63) is 41.5 Å². The number of aryl methyl sites for hydroxylation is 1. The molecule has 0 amide bonds. The Morgan fingerprint density at radius 2 is 1.04 bits per heavy atom. The Morgan fingerprint density at radius 3 is 1.48 bits per heavy atom. The van der Waals surface area contributed by atoms with E-state index in [-0.39, 0.29) is 58.6 Å². The van der Waals surface area contributed by atoms with Crippen LogP contribution in [-0.2, 0) is 53.8 Å². The molecular formula is C38H66O12. The topological polar surface area (TPSA) is 130 Å². The maximum atomic E-state index is 12.9. The fourth-order valence-corrected chi connectivity index (χ4v) is 5.47. The summed E-state index contributed by atoms with van der Waals surface area (Å²) in [5, 5.41) is 10.5. The second-order valence-electron chi connectivity index (χ2n) is 11.2. The minimum Gasteiger partial charge on any atom is -0.475 e. The number of hydrogen-bond donors (Lipinski definition) is 1. The molecule has 0 aromatic heterocycles. The van der Waals surface area contributed by atoms with Crippen LogP contribution >= 0.6 is 0 Å². The van der Waals surface area contributed by atoms with Gasteiger partial charge in [-0.05, 0) is 85.4 Å². The molecule has 0 aliphatic rings. The summed E-state index contributed by atoms with van der Waals surface area (Å²) in [4.78, 5) is 12.9. The lowest BCUT2D eigenvalue weighted by Gasteiger charge is -2.53. The highest BCUT2D eigenvalue weighted by Gasteiger charge is 2.75. The summed E-state index contributed by atoms with van der Waals surface area (Å²) in [5.41, 5.74) is 1.13. The van der Waals surface area contributed by atoms with Crippen molar-refractivity contribution in [3.8, 4) is 5.75 Å². The molecular weight excluding hydrogens is 648 g/mol. The number of benzene rings is 1. The van der Waals surface area contributed by atoms with Gasteiger partial charge in [0, 0.05) is 33.0 Å². The molecule has 0 heterocycles. The smallest absolute Gasteiger partial charge is 0.396 e. The van der Waals surface area contributed by atoms with Gasteiger partial charge >= 0.3 is 29.6 Å². The highest BCUT2D eigenvalue weighted by atomic mass is 17.0. The third-order valence-corrected chi connectivity index (χ3v) is 7.43. The molecule has 0 saturated carbocycles. The third kappa shape index (κ3) is 13.0. The molecule has 0 radical (unpaired) electrons. The molecule has 290 valence electrons. The van der Waals surface area contributed by atoms with Crippen molar-refractivity contribution >= 4 is 5.97 Å². The van der Waals surface area contributed by atoms with E-state index in [2.05, 4.69) is 6.92 Å². The Hall–Kier alpha value is -2.45. The van der Waals surface area contributed by atoms with Gasteiger partial charge in [0.25, 0.3) is 5.76 Å². The van der Waals surface area contributed by atoms with Gasteiger partial charge in [0.1, 0.15) is 5.75 Å². The third-order valence-electron chi connectivity index (χ3n) is 7.43. The molecule has 12 heteroatoms. The zero-order chi connectivity index (χ0) is 37.3. The summed E-state index contributed by atoms with van der Waals surface area (Å²) in [6, 6.07) is 7.31. The Kier molecular flexibility index (Phi) is 23.2. The molecule has 1 aromatic rings. The summed E-state index contributed by atoms with van der Waals surface area (Å²) < 4.78 is 62.2. The van der Waals surface area contributed by atoms with Gasteiger partial charge in [0.05, 0.1) is 19.8 Å². The highest BCUT2D eigenvalue weighted by molar-refractivity contribution is 5.85. The van der Waals surface area contributed by atoms with Crippen molar-refractivity contribution in [2.45, 2.75) is 138 Å². The highest BCUT2D eigenvalue weighted by Crippen LogP contribution is 2.47. The SMILES string of the molecule is CCCCCCCCCc1ccc(OC(C(=O)O)=C(OCCC)OC(OCC)(OCC)C(OCC)(OCC)C(OCC)(OCC)OCC)cc1. The predicted molar refractivity (Wildman–Crippen MR) is 190 cm³/mol. The number of rotatable bonds is 32. The molecule has 1 rings (SSSR count). The first-order valence-electron chi connectivity index (χ1n) is 18.7. The second-order valence-corrected chi connectivity index (χ2v) is 11.2. The summed E-state index contributed by atoms with van der Waals surface area (Å²) in [7, 11) is 0. The predicted octanol–water partition coefficient (Wildman–Crippen LogP) is 8.31. The van der Waals surface area contributed by atoms with Crippen molar-refractivity contribution in [2.24, 2.45) is 0 Å². The maximum Gasteiger partial charge on any atom is 0.396 e. The van der Waals surface area contributed by atoms with Gasteiger partial charge in [0.2, 0.25) is 0 Å². The summed E-state index contributed by atoms with van der Waals surface area (Å²) in [6.45, 7) is 16.7. The first kappa shape index (κ1) is 45.6. The zero-order valence-corrected chi connectivity index (χ0v) is 32.3. The molecule has 0 atom stereocenters. The Labute approximate surface area is 301 Å². The van der Waals surface area contributed by atoms with Gasteiger partial charge < -0.3 is 52.5 Å². The monoisotopic (exact) mass is 714 g/mol. The molecule has 0 unspecified atom stereocenters. The van der Waals surface area contributed by atoms with Crippen LogP contribution in [0.25, 0.3) is 0 Å². The van der Waals surface area contributed by atoms with Gasteiger partial charge in [0.15, 0.2) is 0 Å². The standard InChI is InChI=1S/C38H66O12/c1-10-19-20-21-22-23-24-25-31-26-28-32(29-27-31)49-33(34(39)40)35(41-30-11-2)50-38(47-17-8,48-18-9)36(42-12-3,43-13-4)37(44-14-5,45-15-6)46-16-7/h26-29H,10-25,30H2,1-9H3,(H,39,40). The van der Waals surface area contributed by atoms with Crippen LogP contribution in [0.4, 0.5) is 0 Å². The first-order valence-corrected chi connectivity index (χ1v) is 18.7. The van der Waals surface area contributed by atoms with Crippen molar-refractivity contribution in [3.63, 3.8) is 0 Å². The molecule has 12 nitrogen and oxygen atoms in total. The minimum absolute atomic E-state index is 0.00707. The van der Waals surface area contributed by atoms with Crippen LogP contribution < -0.4 is 4.74 Å². The van der Waals surface area contributed by atoms with Crippen LogP contribution in [0.1, 0.15) is 119 Å². The maximum absolute atomic E-state index is 12.9. The van der Waals surface area contributed by atoms with Gasteiger partial charge in [-0.1, -0.05) is 64.5 Å². The van der Waals surface area contributed by atoms with E-state index in [1.165, 1.54) is 38.5 Å². The average Bonchev–Trinajstić information content (AvgIpc) is 3.09. The number of hydrogen-bond acceptors (Lipinski definition) is 11. The molecule has 0 saturated heterocycles. The molecule has 1 N–H and O–H groups in total. The number of aliphatic carboxylic acids is 1. The Morgan fingerprint density at radius 1 is 0.580 bits per heavy atom. The molecule has 1 aromatic carbocycles. The average molecular weight is 715 g/mol. The van der Waals surface area contributed by atoms with E-state index >= 15 is 0 Å². The van der Waals surface area contributed by atoms with Gasteiger partial charge in [-0.2, -0.15) is 0 Å². The molecule has 0 aliphatic heterocycles. The van der Waals surface area contributed by atoms with Gasteiger partial charge in [-0.15, -0.1) is 0 Å². The van der Waals surface area contributed by atoms with Gasteiger partial charge in [-0.3, -0.25) is 0 Å². The number of carboxylic acids is 1. The van der Waals surface area contributed by atoms with E-state index in [1.54, 1.807) is 60.6 Å². The minimum atomic E-state index is -2.42. The van der Waals surface area contributed by atoms with E-state index in [0.29, 0.717) is 6.42 Å². The number of unbranched alkanes of at least 4 members (excludes halogenated alkanes) is 6. The van der Waals surface area contributed by atoms with E-state index in [0.717, 1.165) is 18.4 Å². The fourth-order valence-electron chi connectivity index (χ4n) is 5.47. The van der Waals surface area contributed by atoms with Crippen LogP contribution in [0.5, 0.6) is 5.75 Å². The quantitative estimate of drug-likeness (QED) is 0.0333. The molecule has 0 bridgehead atoms. The van der Waals surface area contributed by atoms with Crippen LogP contribution in [0, 0.1) is 0 Å². The van der Waals surface area contributed by atoms with E-state index in [9.17, 15) is 9.90 Å². The van der Waals surface area contributed by atoms with Crippen LogP contribution in [-0.4, -0.2) is 81.7 Å². The lowest BCUT2D eigenvalue weighted by Crippen LogP contribution is -2.75. The number of ether oxygens (including phenoxy) is 10. The second kappa shape index (κ2) is 25.5. The summed E-state index contributed by atoms with van der Waals surface area (Å²) in [5.74, 6) is -9.15. The summed E-state index contributed by atoms with van der Waals surface area (Å²) >= 11 is 0. The van der Waals surface area contributed by atoms with Crippen molar-refractivity contribution < 1.29 is 57.3 Å². The van der Waals surface area contributed by atoms with E-state index in [1.807, 2.05) is 19.1 Å². The first-order chi connectivity index (χ1) is 24.2. The van der Waals surface area contributed by atoms with Crippen LogP contribution in [0.15, 0.2) is 36.0 Å². The molecule has 0 spiro atoms. The lowest BCUT2D eigenvalue weighted by atomic mass is 10.0. The molecule has 0 fully saturated rings. The van der Waals surface area contributed by atoms with Crippen molar-refractivity contribution in [2.75, 3.05) is 52.9 Å². The van der Waals surface area contributed by atoms with Crippen molar-refractivity contribution in [1.29, 1.82) is 0 Å². The van der Waals surface area contributed by atoms with Crippen LogP contribution in [0.2, 0.25) is 0 Å². The fraction of sp³-hybridized carbons (Fsp3) is 0.763. The largest absolute Gasteiger partial charge is 0.475 e. The number of carbonyl (C=O) groups is 1. The normalized spacial score (nSPS) is 12.9. The Balaban J connectivity index is 3.79. The van der Waals surface area contributed by atoms with Crippen LogP contribution in [0.3, 0.4) is 0 Å². The zero-order valence-electron chi connectivity index (χ0n) is 32.3. The van der Waals surface area contributed by atoms with Crippen molar-refractivity contribution in [1.82, 2.24) is 0 Å². The summed E-state index contributed by atoms with van der Waals surface area (Å²) in [6.07, 6.45) is 10.0.